The van der Waals surface area contributed by atoms with Crippen LogP contribution in [0.25, 0.3) is 0 Å². The van der Waals surface area contributed by atoms with Crippen molar-refractivity contribution in [3.05, 3.63) is 35.9 Å². The summed E-state index contributed by atoms with van der Waals surface area (Å²) in [6.07, 6.45) is 0.662. The largest absolute Gasteiger partial charge is 0.462 e. The summed E-state index contributed by atoms with van der Waals surface area (Å²) in [6.45, 7) is 10.7. The Morgan fingerprint density at radius 3 is 2.32 bits per heavy atom. The van der Waals surface area contributed by atoms with Gasteiger partial charge in [-0.3, -0.25) is 0 Å². The fourth-order valence-corrected chi connectivity index (χ4v) is 2.92. The van der Waals surface area contributed by atoms with E-state index in [9.17, 15) is 9.59 Å². The molecule has 4 nitrogen and oxygen atoms in total. The van der Waals surface area contributed by atoms with Crippen LogP contribution in [0.5, 0.6) is 0 Å². The summed E-state index contributed by atoms with van der Waals surface area (Å²) in [5.74, 6) is -0.377. The van der Waals surface area contributed by atoms with Gasteiger partial charge in [-0.15, -0.1) is 0 Å². The third-order valence-corrected chi connectivity index (χ3v) is 8.55. The van der Waals surface area contributed by atoms with E-state index in [1.54, 1.807) is 24.3 Å². The number of benzene rings is 1. The first-order valence-electron chi connectivity index (χ1n) is 7.52. The van der Waals surface area contributed by atoms with Gasteiger partial charge in [-0.1, -0.05) is 39.0 Å². The maximum atomic E-state index is 11.8. The number of rotatable bonds is 7. The maximum Gasteiger partial charge on any atom is 0.338 e. The highest BCUT2D eigenvalue weighted by molar-refractivity contribution is 6.74. The molecular formula is C17H26O4Si. The van der Waals surface area contributed by atoms with Gasteiger partial charge in [-0.2, -0.15) is 0 Å². The van der Waals surface area contributed by atoms with Gasteiger partial charge in [0, 0.05) is 6.42 Å². The second-order valence-corrected chi connectivity index (χ2v) is 11.6. The summed E-state index contributed by atoms with van der Waals surface area (Å²) < 4.78 is 11.2. The number of aldehydes is 1. The summed E-state index contributed by atoms with van der Waals surface area (Å²) in [4.78, 5) is 23.0. The van der Waals surface area contributed by atoms with Crippen LogP contribution >= 0.6 is 0 Å². The van der Waals surface area contributed by atoms with E-state index in [-0.39, 0.29) is 17.6 Å². The third-order valence-electron chi connectivity index (χ3n) is 4.05. The van der Waals surface area contributed by atoms with E-state index >= 15 is 0 Å². The number of ether oxygens (including phenoxy) is 1. The molecule has 5 heteroatoms. The van der Waals surface area contributed by atoms with Gasteiger partial charge in [-0.05, 0) is 30.3 Å². The highest BCUT2D eigenvalue weighted by Gasteiger charge is 2.39. The van der Waals surface area contributed by atoms with Crippen molar-refractivity contribution < 1.29 is 18.8 Å². The monoisotopic (exact) mass is 322 g/mol. The zero-order chi connectivity index (χ0) is 16.8. The van der Waals surface area contributed by atoms with Crippen LogP contribution in [-0.2, 0) is 14.0 Å². The molecule has 0 amide bonds. The number of esters is 1. The van der Waals surface area contributed by atoms with E-state index in [2.05, 4.69) is 33.9 Å². The van der Waals surface area contributed by atoms with Crippen LogP contribution in [0, 0.1) is 0 Å². The van der Waals surface area contributed by atoms with E-state index < -0.39 is 14.4 Å². The second kappa shape index (κ2) is 7.69. The molecule has 0 aromatic heterocycles. The molecule has 1 atom stereocenters. The van der Waals surface area contributed by atoms with E-state index in [0.29, 0.717) is 12.0 Å². The first-order chi connectivity index (χ1) is 10.2. The minimum Gasteiger partial charge on any atom is -0.462 e. The predicted octanol–water partition coefficient (Wildman–Crippen LogP) is 3.82. The standard InChI is InChI=1S/C17H26O4Si/c1-17(2,3)22(4,5)21-15(13-18)11-12-20-16(19)14-9-7-6-8-10-14/h6-10,13,15H,11-12H2,1-5H3/t15-/m0/s1. The lowest BCUT2D eigenvalue weighted by Crippen LogP contribution is -2.44. The molecule has 0 aliphatic rings. The molecule has 0 heterocycles. The van der Waals surface area contributed by atoms with E-state index in [1.165, 1.54) is 0 Å². The van der Waals surface area contributed by atoms with Crippen molar-refractivity contribution in [3.8, 4) is 0 Å². The summed E-state index contributed by atoms with van der Waals surface area (Å²) in [5.41, 5.74) is 0.510. The van der Waals surface area contributed by atoms with Crippen LogP contribution in [0.3, 0.4) is 0 Å². The van der Waals surface area contributed by atoms with Crippen LogP contribution in [0.15, 0.2) is 30.3 Å². The minimum absolute atomic E-state index is 0.0367. The molecule has 0 unspecified atom stereocenters. The summed E-state index contributed by atoms with van der Waals surface area (Å²) in [6, 6.07) is 8.81. The molecular weight excluding hydrogens is 296 g/mol. The topological polar surface area (TPSA) is 52.6 Å². The maximum absolute atomic E-state index is 11.8. The minimum atomic E-state index is -2.00. The van der Waals surface area contributed by atoms with E-state index in [0.717, 1.165) is 6.29 Å². The highest BCUT2D eigenvalue weighted by Crippen LogP contribution is 2.37. The van der Waals surface area contributed by atoms with Gasteiger partial charge in [0.15, 0.2) is 8.32 Å². The molecule has 22 heavy (non-hydrogen) atoms. The molecule has 0 bridgehead atoms. The Morgan fingerprint density at radius 1 is 1.23 bits per heavy atom. The predicted molar refractivity (Wildman–Crippen MR) is 89.5 cm³/mol. The Labute approximate surface area is 134 Å². The van der Waals surface area contributed by atoms with E-state index in [4.69, 9.17) is 9.16 Å². The van der Waals surface area contributed by atoms with Crippen molar-refractivity contribution >= 4 is 20.6 Å². The molecule has 122 valence electrons. The number of hydrogen-bond donors (Lipinski definition) is 0. The Kier molecular flexibility index (Phi) is 6.50. The molecule has 0 fully saturated rings. The van der Waals surface area contributed by atoms with Gasteiger partial charge in [-0.25, -0.2) is 4.79 Å². The van der Waals surface area contributed by atoms with Crippen LogP contribution in [-0.4, -0.2) is 33.3 Å². The molecule has 0 N–H and O–H groups in total. The van der Waals surface area contributed by atoms with Crippen molar-refractivity contribution in [2.45, 2.75) is 51.4 Å². The smallest absolute Gasteiger partial charge is 0.338 e. The van der Waals surface area contributed by atoms with Gasteiger partial charge < -0.3 is 14.0 Å². The Hall–Kier alpha value is -1.46. The molecule has 0 radical (unpaired) electrons. The molecule has 0 saturated carbocycles. The van der Waals surface area contributed by atoms with Crippen LogP contribution in [0.2, 0.25) is 18.1 Å². The van der Waals surface area contributed by atoms with Gasteiger partial charge in [0.25, 0.3) is 0 Å². The van der Waals surface area contributed by atoms with Gasteiger partial charge >= 0.3 is 5.97 Å². The molecule has 0 saturated heterocycles. The zero-order valence-electron chi connectivity index (χ0n) is 14.1. The molecule has 0 aliphatic heterocycles. The number of hydrogen-bond acceptors (Lipinski definition) is 4. The average Bonchev–Trinajstić information content (AvgIpc) is 2.45. The molecule has 1 aromatic rings. The SMILES string of the molecule is CC(C)(C)[Si](C)(C)O[C@H](C=O)CCOC(=O)c1ccccc1. The van der Waals surface area contributed by atoms with Crippen molar-refractivity contribution in [1.82, 2.24) is 0 Å². The lowest BCUT2D eigenvalue weighted by Gasteiger charge is -2.38. The van der Waals surface area contributed by atoms with Gasteiger partial charge in [0.05, 0.1) is 12.2 Å². The van der Waals surface area contributed by atoms with Crippen LogP contribution < -0.4 is 0 Å². The zero-order valence-corrected chi connectivity index (χ0v) is 15.1. The fraction of sp³-hybridized carbons (Fsp3) is 0.529. The van der Waals surface area contributed by atoms with Crippen LogP contribution in [0.1, 0.15) is 37.6 Å². The van der Waals surface area contributed by atoms with Crippen LogP contribution in [0.4, 0.5) is 0 Å². The lowest BCUT2D eigenvalue weighted by molar-refractivity contribution is -0.114. The second-order valence-electron chi connectivity index (χ2n) is 6.84. The Morgan fingerprint density at radius 2 is 1.82 bits per heavy atom. The summed E-state index contributed by atoms with van der Waals surface area (Å²) >= 11 is 0. The first kappa shape index (κ1) is 18.6. The summed E-state index contributed by atoms with van der Waals surface area (Å²) in [7, 11) is -2.00. The molecule has 0 spiro atoms. The third kappa shape index (κ3) is 5.39. The van der Waals surface area contributed by atoms with E-state index in [1.807, 2.05) is 6.07 Å². The van der Waals surface area contributed by atoms with Crippen molar-refractivity contribution in [2.75, 3.05) is 6.61 Å². The molecule has 0 aliphatic carbocycles. The van der Waals surface area contributed by atoms with Crippen molar-refractivity contribution in [1.29, 1.82) is 0 Å². The number of carbonyl (C=O) groups is 2. The lowest BCUT2D eigenvalue weighted by atomic mass is 10.2. The normalized spacial score (nSPS) is 13.5. The fourth-order valence-electron chi connectivity index (χ4n) is 1.64. The highest BCUT2D eigenvalue weighted by atomic mass is 28.4. The Balaban J connectivity index is 2.48. The number of carbonyl (C=O) groups excluding carboxylic acids is 2. The average molecular weight is 322 g/mol. The first-order valence-corrected chi connectivity index (χ1v) is 10.4. The quantitative estimate of drug-likeness (QED) is 0.435. The molecule has 1 aromatic carbocycles. The van der Waals surface area contributed by atoms with Crippen molar-refractivity contribution in [3.63, 3.8) is 0 Å². The molecule has 1 rings (SSSR count). The summed E-state index contributed by atoms with van der Waals surface area (Å²) in [5, 5.41) is 0.0367. The Bertz CT molecular complexity index is 491. The van der Waals surface area contributed by atoms with Gasteiger partial charge in [0.1, 0.15) is 12.4 Å². The van der Waals surface area contributed by atoms with Crippen molar-refractivity contribution in [2.24, 2.45) is 0 Å². The van der Waals surface area contributed by atoms with Gasteiger partial charge in [0.2, 0.25) is 0 Å².